The highest BCUT2D eigenvalue weighted by Crippen LogP contribution is 2.37. The van der Waals surface area contributed by atoms with E-state index >= 15 is 0 Å². The van der Waals surface area contributed by atoms with Crippen LogP contribution in [0, 0.1) is 11.8 Å². The summed E-state index contributed by atoms with van der Waals surface area (Å²) in [6, 6.07) is 0. The van der Waals surface area contributed by atoms with Crippen molar-refractivity contribution in [3.8, 4) is 0 Å². The van der Waals surface area contributed by atoms with Gasteiger partial charge in [0.25, 0.3) is 0 Å². The van der Waals surface area contributed by atoms with E-state index in [0.717, 1.165) is 51.4 Å². The van der Waals surface area contributed by atoms with Crippen LogP contribution in [0.15, 0.2) is 48.6 Å². The summed E-state index contributed by atoms with van der Waals surface area (Å²) >= 11 is 0. The zero-order valence-electron chi connectivity index (χ0n) is 35.3. The van der Waals surface area contributed by atoms with Crippen LogP contribution in [-0.4, -0.2) is 74.7 Å². The second-order valence-electron chi connectivity index (χ2n) is 15.6. The first kappa shape index (κ1) is 52.9. The van der Waals surface area contributed by atoms with Crippen LogP contribution in [0.1, 0.15) is 174 Å². The Hall–Kier alpha value is -2.11. The molecule has 1 aliphatic carbocycles. The SMILES string of the molecule is CCCCC/C=C\C/C=C\CCCCCCCCCCCC(=O)O[C@H](COC(=O)CCC/C=C/C[C@@H]1[C@@H](/C=C/[C@@H](O)CCCCC)[C@H](O)C[C@@H]1O)COP(=O)(O)O. The smallest absolute Gasteiger partial charge is 0.462 e. The summed E-state index contributed by atoms with van der Waals surface area (Å²) in [5, 5.41) is 31.2. The van der Waals surface area contributed by atoms with Crippen molar-refractivity contribution in [1.29, 1.82) is 0 Å². The highest BCUT2D eigenvalue weighted by atomic mass is 31.2. The summed E-state index contributed by atoms with van der Waals surface area (Å²) in [5.41, 5.74) is 0. The Labute approximate surface area is 344 Å². The molecule has 330 valence electrons. The number of aliphatic hydroxyl groups is 3. The molecule has 1 rings (SSSR count). The highest BCUT2D eigenvalue weighted by molar-refractivity contribution is 7.46. The first-order valence-electron chi connectivity index (χ1n) is 22.2. The topological polar surface area (TPSA) is 180 Å². The van der Waals surface area contributed by atoms with E-state index in [1.54, 1.807) is 6.08 Å². The molecule has 0 unspecified atom stereocenters. The lowest BCUT2D eigenvalue weighted by Gasteiger charge is -2.19. The molecule has 0 radical (unpaired) electrons. The van der Waals surface area contributed by atoms with Gasteiger partial charge in [0.1, 0.15) is 6.61 Å². The van der Waals surface area contributed by atoms with Gasteiger partial charge in [-0.3, -0.25) is 14.1 Å². The van der Waals surface area contributed by atoms with Gasteiger partial charge in [-0.1, -0.05) is 140 Å². The number of unbranched alkanes of at least 4 members (excludes halogenated alkanes) is 15. The van der Waals surface area contributed by atoms with Crippen molar-refractivity contribution in [2.75, 3.05) is 13.2 Å². The zero-order chi connectivity index (χ0) is 42.0. The Morgan fingerprint density at radius 1 is 0.684 bits per heavy atom. The van der Waals surface area contributed by atoms with Gasteiger partial charge in [0.2, 0.25) is 0 Å². The van der Waals surface area contributed by atoms with Crippen LogP contribution >= 0.6 is 7.82 Å². The van der Waals surface area contributed by atoms with Crippen LogP contribution < -0.4 is 0 Å². The minimum Gasteiger partial charge on any atom is -0.462 e. The average molecular weight is 827 g/mol. The maximum atomic E-state index is 12.5. The zero-order valence-corrected chi connectivity index (χ0v) is 36.2. The average Bonchev–Trinajstić information content (AvgIpc) is 3.44. The lowest BCUT2D eigenvalue weighted by molar-refractivity contribution is -0.161. The molecule has 0 aliphatic heterocycles. The molecule has 6 atom stereocenters. The number of hydrogen-bond donors (Lipinski definition) is 5. The Kier molecular flexibility index (Phi) is 32.2. The Morgan fingerprint density at radius 3 is 1.89 bits per heavy atom. The highest BCUT2D eigenvalue weighted by Gasteiger charge is 2.39. The number of esters is 2. The molecule has 11 nitrogen and oxygen atoms in total. The number of allylic oxidation sites excluding steroid dienone is 6. The largest absolute Gasteiger partial charge is 0.469 e. The van der Waals surface area contributed by atoms with Crippen molar-refractivity contribution in [3.05, 3.63) is 48.6 Å². The molecular weight excluding hydrogens is 747 g/mol. The van der Waals surface area contributed by atoms with Crippen molar-refractivity contribution < 1.29 is 53.3 Å². The van der Waals surface area contributed by atoms with E-state index in [1.807, 2.05) is 18.2 Å². The second kappa shape index (κ2) is 34.7. The van der Waals surface area contributed by atoms with Crippen molar-refractivity contribution in [2.24, 2.45) is 11.8 Å². The number of aliphatic hydroxyl groups excluding tert-OH is 3. The maximum absolute atomic E-state index is 12.5. The quantitative estimate of drug-likeness (QED) is 0.0176. The molecule has 0 aromatic rings. The van der Waals surface area contributed by atoms with Crippen LogP contribution in [0.25, 0.3) is 0 Å². The van der Waals surface area contributed by atoms with Gasteiger partial charge < -0.3 is 34.6 Å². The molecule has 1 fully saturated rings. The van der Waals surface area contributed by atoms with Gasteiger partial charge in [-0.2, -0.15) is 0 Å². The summed E-state index contributed by atoms with van der Waals surface area (Å²) in [4.78, 5) is 43.1. The minimum absolute atomic E-state index is 0.0884. The number of ether oxygens (including phenoxy) is 2. The van der Waals surface area contributed by atoms with E-state index in [2.05, 4.69) is 42.7 Å². The fourth-order valence-electron chi connectivity index (χ4n) is 6.99. The number of phosphoric ester groups is 1. The van der Waals surface area contributed by atoms with Crippen LogP contribution in [0.4, 0.5) is 0 Å². The summed E-state index contributed by atoms with van der Waals surface area (Å²) in [6.07, 6.45) is 36.4. The summed E-state index contributed by atoms with van der Waals surface area (Å²) < 4.78 is 26.4. The Balaban J connectivity index is 2.25. The predicted molar refractivity (Wildman–Crippen MR) is 227 cm³/mol. The van der Waals surface area contributed by atoms with Crippen molar-refractivity contribution in [3.63, 3.8) is 0 Å². The summed E-state index contributed by atoms with van der Waals surface area (Å²) in [7, 11) is -4.82. The van der Waals surface area contributed by atoms with Gasteiger partial charge >= 0.3 is 19.8 Å². The van der Waals surface area contributed by atoms with E-state index in [4.69, 9.17) is 19.3 Å². The van der Waals surface area contributed by atoms with Gasteiger partial charge in [-0.15, -0.1) is 0 Å². The lowest BCUT2D eigenvalue weighted by atomic mass is 9.89. The lowest BCUT2D eigenvalue weighted by Crippen LogP contribution is -2.29. The molecule has 57 heavy (non-hydrogen) atoms. The molecule has 1 aliphatic rings. The molecule has 12 heteroatoms. The number of hydrogen-bond acceptors (Lipinski definition) is 9. The first-order valence-corrected chi connectivity index (χ1v) is 23.7. The molecule has 0 spiro atoms. The molecule has 0 aromatic heterocycles. The molecule has 1 saturated carbocycles. The third-order valence-corrected chi connectivity index (χ3v) is 10.9. The molecule has 0 heterocycles. The van der Waals surface area contributed by atoms with Crippen LogP contribution in [-0.2, 0) is 28.2 Å². The molecule has 0 saturated heterocycles. The van der Waals surface area contributed by atoms with Crippen LogP contribution in [0.3, 0.4) is 0 Å². The Morgan fingerprint density at radius 2 is 1.25 bits per heavy atom. The van der Waals surface area contributed by atoms with Crippen LogP contribution in [0.5, 0.6) is 0 Å². The van der Waals surface area contributed by atoms with E-state index in [0.29, 0.717) is 32.1 Å². The van der Waals surface area contributed by atoms with E-state index < -0.39 is 50.8 Å². The van der Waals surface area contributed by atoms with Gasteiger partial charge in [0.05, 0.1) is 24.9 Å². The second-order valence-corrected chi connectivity index (χ2v) is 16.9. The van der Waals surface area contributed by atoms with E-state index in [1.165, 1.54) is 57.8 Å². The molecular formula is C45H79O11P. The van der Waals surface area contributed by atoms with Crippen LogP contribution in [0.2, 0.25) is 0 Å². The van der Waals surface area contributed by atoms with E-state index in [-0.39, 0.29) is 37.7 Å². The molecule has 0 aromatic carbocycles. The van der Waals surface area contributed by atoms with Crippen molar-refractivity contribution >= 4 is 19.8 Å². The third kappa shape index (κ3) is 30.6. The fourth-order valence-corrected chi connectivity index (χ4v) is 7.35. The fraction of sp³-hybridized carbons (Fsp3) is 0.778. The predicted octanol–water partition coefficient (Wildman–Crippen LogP) is 9.90. The number of carbonyl (C=O) groups is 2. The monoisotopic (exact) mass is 827 g/mol. The standard InChI is InChI=1S/C45H79O11P/c1-3-5-7-8-9-10-11-12-13-14-15-16-17-18-19-20-21-22-28-32-45(50)56-39(37-55-57(51,52)53)36-54-44(49)31-27-24-23-26-30-40-41(43(48)35-42(40)47)34-33-38(46)29-25-6-4-2/h9-10,12-13,23,26,33-34,38-43,46-48H,3-8,11,14-22,24-25,27-32,35-37H2,1-2H3,(H2,51,52,53)/b10-9-,13-12-,26-23+,34-33+/t38-,39+,40+,41+,42-,43+/m0/s1. The van der Waals surface area contributed by atoms with E-state index in [9.17, 15) is 29.5 Å². The number of carbonyl (C=O) groups excluding carboxylic acids is 2. The number of rotatable bonds is 36. The van der Waals surface area contributed by atoms with Crippen molar-refractivity contribution in [1.82, 2.24) is 0 Å². The number of phosphoric acid groups is 1. The maximum Gasteiger partial charge on any atom is 0.469 e. The van der Waals surface area contributed by atoms with Gasteiger partial charge in [-0.05, 0) is 70.1 Å². The van der Waals surface area contributed by atoms with Gasteiger partial charge in [0, 0.05) is 25.2 Å². The third-order valence-electron chi connectivity index (χ3n) is 10.4. The molecule has 0 amide bonds. The molecule has 5 N–H and O–H groups in total. The van der Waals surface area contributed by atoms with Gasteiger partial charge in [0.15, 0.2) is 6.10 Å². The van der Waals surface area contributed by atoms with Crippen molar-refractivity contribution in [2.45, 2.75) is 199 Å². The summed E-state index contributed by atoms with van der Waals surface area (Å²) in [6.45, 7) is 3.36. The van der Waals surface area contributed by atoms with Gasteiger partial charge in [-0.25, -0.2) is 4.57 Å². The molecule has 0 bridgehead atoms. The minimum atomic E-state index is -4.82. The first-order chi connectivity index (χ1) is 27.5. The Bertz CT molecular complexity index is 1180. The summed E-state index contributed by atoms with van der Waals surface area (Å²) in [5.74, 6) is -1.49. The normalized spacial score (nSPS) is 20.1.